The van der Waals surface area contributed by atoms with Crippen molar-refractivity contribution in [3.63, 3.8) is 0 Å². The standard InChI is InChI=1S/C17H23NO3.ClH/c19-12-13-7-10-18(11-8-13)9-3-6-16-14-4-1-2-5-15(14)17(20)21-16;/h1-2,4-5,13,16,19H,3,6-12H2;1H. The highest BCUT2D eigenvalue weighted by Crippen LogP contribution is 2.33. The number of fused-ring (bicyclic) bond motifs is 1. The Kier molecular flexibility index (Phi) is 6.24. The molecule has 2 aliphatic heterocycles. The molecule has 1 aromatic carbocycles. The van der Waals surface area contributed by atoms with Crippen molar-refractivity contribution in [2.75, 3.05) is 26.2 Å². The van der Waals surface area contributed by atoms with Crippen LogP contribution in [-0.2, 0) is 4.74 Å². The van der Waals surface area contributed by atoms with Crippen molar-refractivity contribution in [3.05, 3.63) is 35.4 Å². The highest BCUT2D eigenvalue weighted by Gasteiger charge is 2.30. The van der Waals surface area contributed by atoms with E-state index in [2.05, 4.69) is 4.90 Å². The van der Waals surface area contributed by atoms with Gasteiger partial charge >= 0.3 is 5.97 Å². The fourth-order valence-electron chi connectivity index (χ4n) is 3.33. The van der Waals surface area contributed by atoms with E-state index >= 15 is 0 Å². The summed E-state index contributed by atoms with van der Waals surface area (Å²) >= 11 is 0. The maximum atomic E-state index is 11.8. The molecule has 1 unspecified atom stereocenters. The second-order valence-electron chi connectivity index (χ2n) is 6.09. The van der Waals surface area contributed by atoms with E-state index in [1.165, 1.54) is 0 Å². The average Bonchev–Trinajstić information content (AvgIpc) is 2.85. The molecule has 0 saturated carbocycles. The lowest BCUT2D eigenvalue weighted by atomic mass is 9.97. The number of hydrogen-bond donors (Lipinski definition) is 1. The summed E-state index contributed by atoms with van der Waals surface area (Å²) < 4.78 is 5.47. The summed E-state index contributed by atoms with van der Waals surface area (Å²) in [6, 6.07) is 7.69. The number of aliphatic hydroxyl groups is 1. The number of piperidine rings is 1. The van der Waals surface area contributed by atoms with E-state index in [4.69, 9.17) is 9.84 Å². The van der Waals surface area contributed by atoms with Gasteiger partial charge in [-0.2, -0.15) is 0 Å². The minimum absolute atomic E-state index is 0. The van der Waals surface area contributed by atoms with Gasteiger partial charge in [-0.3, -0.25) is 0 Å². The molecular formula is C17H24ClNO3. The van der Waals surface area contributed by atoms with E-state index < -0.39 is 0 Å². The zero-order chi connectivity index (χ0) is 14.7. The summed E-state index contributed by atoms with van der Waals surface area (Å²) in [5, 5.41) is 9.15. The third-order valence-corrected chi connectivity index (χ3v) is 4.68. The highest BCUT2D eigenvalue weighted by molar-refractivity contribution is 5.93. The predicted molar refractivity (Wildman–Crippen MR) is 87.3 cm³/mol. The number of nitrogens with zero attached hydrogens (tertiary/aromatic N) is 1. The molecule has 5 heteroatoms. The Labute approximate surface area is 137 Å². The van der Waals surface area contributed by atoms with Crippen LogP contribution in [0, 0.1) is 5.92 Å². The Morgan fingerprint density at radius 1 is 1.23 bits per heavy atom. The van der Waals surface area contributed by atoms with Gasteiger partial charge in [0.2, 0.25) is 0 Å². The fourth-order valence-corrected chi connectivity index (χ4v) is 3.33. The van der Waals surface area contributed by atoms with Gasteiger partial charge in [0.1, 0.15) is 6.10 Å². The maximum Gasteiger partial charge on any atom is 0.339 e. The van der Waals surface area contributed by atoms with Crippen LogP contribution in [0.4, 0.5) is 0 Å². The Morgan fingerprint density at radius 3 is 2.68 bits per heavy atom. The average molecular weight is 326 g/mol. The van der Waals surface area contributed by atoms with Crippen molar-refractivity contribution < 1.29 is 14.6 Å². The minimum atomic E-state index is -0.181. The molecule has 4 nitrogen and oxygen atoms in total. The lowest BCUT2D eigenvalue weighted by Crippen LogP contribution is -2.35. The van der Waals surface area contributed by atoms with Crippen LogP contribution >= 0.6 is 12.4 Å². The summed E-state index contributed by atoms with van der Waals surface area (Å²) in [4.78, 5) is 14.2. The van der Waals surface area contributed by atoms with Crippen LogP contribution in [-0.4, -0.2) is 42.2 Å². The Morgan fingerprint density at radius 2 is 1.95 bits per heavy atom. The van der Waals surface area contributed by atoms with E-state index in [0.717, 1.165) is 56.4 Å². The number of benzene rings is 1. The Bertz CT molecular complexity index is 500. The van der Waals surface area contributed by atoms with Gasteiger partial charge in [-0.25, -0.2) is 4.79 Å². The number of likely N-dealkylation sites (tertiary alicyclic amines) is 1. The SMILES string of the molecule is Cl.O=C1OC(CCCN2CCC(CO)CC2)c2ccccc21. The number of rotatable bonds is 5. The molecule has 1 N–H and O–H groups in total. The first-order valence-electron chi connectivity index (χ1n) is 7.91. The van der Waals surface area contributed by atoms with Crippen molar-refractivity contribution in [2.45, 2.75) is 31.8 Å². The van der Waals surface area contributed by atoms with Gasteiger partial charge in [-0.05, 0) is 57.3 Å². The zero-order valence-corrected chi connectivity index (χ0v) is 13.6. The van der Waals surface area contributed by atoms with Crippen molar-refractivity contribution in [2.24, 2.45) is 5.92 Å². The quantitative estimate of drug-likeness (QED) is 0.846. The summed E-state index contributed by atoms with van der Waals surface area (Å²) in [5.41, 5.74) is 1.77. The number of esters is 1. The van der Waals surface area contributed by atoms with Crippen molar-refractivity contribution >= 4 is 18.4 Å². The largest absolute Gasteiger partial charge is 0.454 e. The van der Waals surface area contributed by atoms with Gasteiger partial charge in [0.25, 0.3) is 0 Å². The fraction of sp³-hybridized carbons (Fsp3) is 0.588. The molecule has 122 valence electrons. The van der Waals surface area contributed by atoms with Crippen LogP contribution in [0.1, 0.15) is 47.7 Å². The van der Waals surface area contributed by atoms with Crippen LogP contribution in [0.3, 0.4) is 0 Å². The van der Waals surface area contributed by atoms with Crippen LogP contribution in [0.15, 0.2) is 24.3 Å². The molecule has 0 aliphatic carbocycles. The number of cyclic esters (lactones) is 1. The molecule has 2 aliphatic rings. The summed E-state index contributed by atoms with van der Waals surface area (Å²) in [7, 11) is 0. The molecule has 3 rings (SSSR count). The van der Waals surface area contributed by atoms with Crippen LogP contribution in [0.5, 0.6) is 0 Å². The van der Waals surface area contributed by atoms with E-state index in [1.807, 2.05) is 24.3 Å². The zero-order valence-electron chi connectivity index (χ0n) is 12.7. The molecule has 1 fully saturated rings. The summed E-state index contributed by atoms with van der Waals surface area (Å²) in [6.07, 6.45) is 4.05. The lowest BCUT2D eigenvalue weighted by molar-refractivity contribution is 0.0354. The third kappa shape index (κ3) is 3.80. The van der Waals surface area contributed by atoms with Crippen LogP contribution in [0.2, 0.25) is 0 Å². The third-order valence-electron chi connectivity index (χ3n) is 4.68. The molecule has 1 saturated heterocycles. The topological polar surface area (TPSA) is 49.8 Å². The van der Waals surface area contributed by atoms with E-state index in [1.54, 1.807) is 0 Å². The molecular weight excluding hydrogens is 302 g/mol. The summed E-state index contributed by atoms with van der Waals surface area (Å²) in [5.74, 6) is 0.309. The molecule has 2 heterocycles. The second kappa shape index (κ2) is 7.95. The van der Waals surface area contributed by atoms with Crippen molar-refractivity contribution in [3.8, 4) is 0 Å². The number of carbonyl (C=O) groups is 1. The number of hydrogen-bond acceptors (Lipinski definition) is 4. The molecule has 1 aromatic rings. The minimum Gasteiger partial charge on any atom is -0.454 e. The van der Waals surface area contributed by atoms with Gasteiger partial charge < -0.3 is 14.7 Å². The molecule has 1 atom stereocenters. The van der Waals surface area contributed by atoms with Gasteiger partial charge in [-0.15, -0.1) is 12.4 Å². The number of halogens is 1. The van der Waals surface area contributed by atoms with Gasteiger partial charge in [0.05, 0.1) is 5.56 Å². The monoisotopic (exact) mass is 325 g/mol. The number of aliphatic hydroxyl groups excluding tert-OH is 1. The molecule has 0 spiro atoms. The smallest absolute Gasteiger partial charge is 0.339 e. The Balaban J connectivity index is 0.00000176. The number of ether oxygens (including phenoxy) is 1. The van der Waals surface area contributed by atoms with E-state index in [-0.39, 0.29) is 24.5 Å². The Hall–Kier alpha value is -1.10. The van der Waals surface area contributed by atoms with E-state index in [9.17, 15) is 4.79 Å². The molecule has 0 radical (unpaired) electrons. The number of carbonyl (C=O) groups excluding carboxylic acids is 1. The first-order chi connectivity index (χ1) is 10.3. The summed E-state index contributed by atoms with van der Waals surface area (Å²) in [6.45, 7) is 3.52. The maximum absolute atomic E-state index is 11.8. The molecule has 22 heavy (non-hydrogen) atoms. The van der Waals surface area contributed by atoms with E-state index in [0.29, 0.717) is 12.5 Å². The van der Waals surface area contributed by atoms with Gasteiger partial charge in [0.15, 0.2) is 0 Å². The predicted octanol–water partition coefficient (Wildman–Crippen LogP) is 2.80. The van der Waals surface area contributed by atoms with Crippen molar-refractivity contribution in [1.82, 2.24) is 4.90 Å². The van der Waals surface area contributed by atoms with Gasteiger partial charge in [0, 0.05) is 12.2 Å². The molecule has 0 amide bonds. The molecule has 0 aromatic heterocycles. The first-order valence-corrected chi connectivity index (χ1v) is 7.91. The first kappa shape index (κ1) is 17.3. The van der Waals surface area contributed by atoms with Crippen LogP contribution in [0.25, 0.3) is 0 Å². The normalized spacial score (nSPS) is 22.0. The van der Waals surface area contributed by atoms with Gasteiger partial charge in [-0.1, -0.05) is 18.2 Å². The van der Waals surface area contributed by atoms with Crippen molar-refractivity contribution in [1.29, 1.82) is 0 Å². The van der Waals surface area contributed by atoms with Crippen LogP contribution < -0.4 is 0 Å². The molecule has 0 bridgehead atoms. The highest BCUT2D eigenvalue weighted by atomic mass is 35.5. The lowest BCUT2D eigenvalue weighted by Gasteiger charge is -2.31. The second-order valence-corrected chi connectivity index (χ2v) is 6.09.